The van der Waals surface area contributed by atoms with Gasteiger partial charge in [0.05, 0.1) is 17.3 Å². The smallest absolute Gasteiger partial charge is 0.233 e. The lowest BCUT2D eigenvalue weighted by Gasteiger charge is -2.23. The molecule has 3 heterocycles. The van der Waals surface area contributed by atoms with Gasteiger partial charge in [-0.25, -0.2) is 18.4 Å². The molecule has 0 aromatic carbocycles. The number of hydrogen-bond acceptors (Lipinski definition) is 7. The van der Waals surface area contributed by atoms with Crippen LogP contribution in [0.1, 0.15) is 30.2 Å². The van der Waals surface area contributed by atoms with Crippen LogP contribution in [0, 0.1) is 5.92 Å². The van der Waals surface area contributed by atoms with Gasteiger partial charge < -0.3 is 4.90 Å². The molecule has 9 heteroatoms. The van der Waals surface area contributed by atoms with Crippen LogP contribution in [-0.2, 0) is 27.5 Å². The van der Waals surface area contributed by atoms with Crippen molar-refractivity contribution in [3.8, 4) is 0 Å². The Labute approximate surface area is 167 Å². The standard InChI is InChI=1S/C18H23N3O3S3/c1-11-3-4-13-14(7-11)26-18-16(13)17(19-10-20-18)25-8-15(22)21(2)12-5-6-27(23,24)9-12/h10-12H,3-9H2,1-2H3/t11-,12+/m1/s1. The highest BCUT2D eigenvalue weighted by molar-refractivity contribution is 8.00. The number of thiophene rings is 1. The van der Waals surface area contributed by atoms with Crippen LogP contribution in [0.4, 0.5) is 0 Å². The molecule has 0 radical (unpaired) electrons. The molecule has 1 amide bonds. The van der Waals surface area contributed by atoms with E-state index in [9.17, 15) is 13.2 Å². The maximum absolute atomic E-state index is 12.6. The van der Waals surface area contributed by atoms with Crippen molar-refractivity contribution >= 4 is 49.1 Å². The molecule has 0 unspecified atom stereocenters. The molecule has 2 aromatic heterocycles. The second kappa shape index (κ2) is 7.33. The minimum Gasteiger partial charge on any atom is -0.341 e. The minimum absolute atomic E-state index is 0.0495. The number of nitrogens with zero attached hydrogens (tertiary/aromatic N) is 3. The zero-order chi connectivity index (χ0) is 19.2. The molecule has 27 heavy (non-hydrogen) atoms. The summed E-state index contributed by atoms with van der Waals surface area (Å²) < 4.78 is 23.3. The Morgan fingerprint density at radius 2 is 2.19 bits per heavy atom. The molecule has 0 bridgehead atoms. The SMILES string of the molecule is C[C@@H]1CCc2c(sc3ncnc(SCC(=O)N(C)[C@H]4CCS(=O)(=O)C4)c23)C1. The first kappa shape index (κ1) is 19.1. The largest absolute Gasteiger partial charge is 0.341 e. The number of thioether (sulfide) groups is 1. The average molecular weight is 426 g/mol. The van der Waals surface area contributed by atoms with Crippen LogP contribution in [-0.4, -0.2) is 59.5 Å². The third-order valence-corrected chi connectivity index (χ3v) is 9.43. The molecule has 2 atom stereocenters. The van der Waals surface area contributed by atoms with Crippen molar-refractivity contribution in [3.63, 3.8) is 0 Å². The van der Waals surface area contributed by atoms with Gasteiger partial charge in [0, 0.05) is 23.4 Å². The molecule has 146 valence electrons. The van der Waals surface area contributed by atoms with Crippen LogP contribution in [0.2, 0.25) is 0 Å². The highest BCUT2D eigenvalue weighted by Crippen LogP contribution is 2.40. The van der Waals surface area contributed by atoms with E-state index in [1.165, 1.54) is 28.6 Å². The van der Waals surface area contributed by atoms with Crippen molar-refractivity contribution in [3.05, 3.63) is 16.8 Å². The highest BCUT2D eigenvalue weighted by atomic mass is 32.2. The molecule has 0 saturated carbocycles. The summed E-state index contributed by atoms with van der Waals surface area (Å²) in [5, 5.41) is 1.99. The Hall–Kier alpha value is -1.19. The van der Waals surface area contributed by atoms with E-state index in [2.05, 4.69) is 16.9 Å². The van der Waals surface area contributed by atoms with E-state index in [4.69, 9.17) is 0 Å². The molecular weight excluding hydrogens is 402 g/mol. The fourth-order valence-electron chi connectivity index (χ4n) is 3.87. The maximum atomic E-state index is 12.6. The van der Waals surface area contributed by atoms with Gasteiger partial charge in [0.2, 0.25) is 5.91 Å². The molecule has 1 aliphatic heterocycles. The molecule has 0 N–H and O–H groups in total. The van der Waals surface area contributed by atoms with Gasteiger partial charge in [0.25, 0.3) is 0 Å². The van der Waals surface area contributed by atoms with Crippen molar-refractivity contribution in [2.75, 3.05) is 24.3 Å². The molecule has 1 aliphatic carbocycles. The third-order valence-electron chi connectivity index (χ3n) is 5.54. The number of carbonyl (C=O) groups is 1. The summed E-state index contributed by atoms with van der Waals surface area (Å²) in [4.78, 5) is 25.5. The predicted molar refractivity (Wildman–Crippen MR) is 109 cm³/mol. The van der Waals surface area contributed by atoms with Crippen LogP contribution in [0.3, 0.4) is 0 Å². The van der Waals surface area contributed by atoms with E-state index in [0.717, 1.165) is 28.1 Å². The minimum atomic E-state index is -3.00. The van der Waals surface area contributed by atoms with Crippen LogP contribution >= 0.6 is 23.1 Å². The second-order valence-corrected chi connectivity index (χ2v) is 11.8. The fourth-order valence-corrected chi connectivity index (χ4v) is 8.01. The van der Waals surface area contributed by atoms with E-state index >= 15 is 0 Å². The Bertz CT molecular complexity index is 986. The quantitative estimate of drug-likeness (QED) is 0.553. The van der Waals surface area contributed by atoms with E-state index < -0.39 is 9.84 Å². The molecular formula is C18H23N3O3S3. The molecule has 1 fully saturated rings. The van der Waals surface area contributed by atoms with Crippen LogP contribution in [0.15, 0.2) is 11.4 Å². The first-order valence-corrected chi connectivity index (χ1v) is 12.8. The summed E-state index contributed by atoms with van der Waals surface area (Å²) in [5.41, 5.74) is 1.36. The monoisotopic (exact) mass is 425 g/mol. The number of carbonyl (C=O) groups excluding carboxylic acids is 1. The molecule has 6 nitrogen and oxygen atoms in total. The summed E-state index contributed by atoms with van der Waals surface area (Å²) in [6, 6.07) is -0.205. The average Bonchev–Trinajstić information content (AvgIpc) is 3.18. The van der Waals surface area contributed by atoms with E-state index in [1.54, 1.807) is 29.6 Å². The second-order valence-electron chi connectivity index (χ2n) is 7.56. The van der Waals surface area contributed by atoms with Crippen LogP contribution in [0.5, 0.6) is 0 Å². The number of hydrogen-bond donors (Lipinski definition) is 0. The maximum Gasteiger partial charge on any atom is 0.233 e. The van der Waals surface area contributed by atoms with E-state index in [-0.39, 0.29) is 29.2 Å². The number of rotatable bonds is 4. The van der Waals surface area contributed by atoms with Crippen LogP contribution in [0.25, 0.3) is 10.2 Å². The van der Waals surface area contributed by atoms with Crippen molar-refractivity contribution in [2.24, 2.45) is 5.92 Å². The lowest BCUT2D eigenvalue weighted by molar-refractivity contribution is -0.128. The van der Waals surface area contributed by atoms with Gasteiger partial charge in [0.1, 0.15) is 16.2 Å². The predicted octanol–water partition coefficient (Wildman–Crippen LogP) is 2.55. The lowest BCUT2D eigenvalue weighted by atomic mass is 9.89. The lowest BCUT2D eigenvalue weighted by Crippen LogP contribution is -2.38. The summed E-state index contributed by atoms with van der Waals surface area (Å²) in [6.07, 6.45) is 5.43. The van der Waals surface area contributed by atoms with Gasteiger partial charge in [-0.05, 0) is 37.2 Å². The molecule has 4 rings (SSSR count). The van der Waals surface area contributed by atoms with Gasteiger partial charge in [-0.15, -0.1) is 11.3 Å². The summed E-state index contributed by atoms with van der Waals surface area (Å²) in [7, 11) is -1.29. The number of sulfone groups is 1. The number of amides is 1. The Morgan fingerprint density at radius 1 is 1.37 bits per heavy atom. The molecule has 2 aliphatic rings. The molecule has 2 aromatic rings. The fraction of sp³-hybridized carbons (Fsp3) is 0.611. The Balaban J connectivity index is 1.50. The normalized spacial score (nSPS) is 24.1. The number of aryl methyl sites for hydroxylation is 1. The summed E-state index contributed by atoms with van der Waals surface area (Å²) in [5.74, 6) is 1.17. The number of aromatic nitrogens is 2. The highest BCUT2D eigenvalue weighted by Gasteiger charge is 2.32. The van der Waals surface area contributed by atoms with Crippen LogP contribution < -0.4 is 0 Å². The first-order valence-electron chi connectivity index (χ1n) is 9.18. The van der Waals surface area contributed by atoms with E-state index in [1.807, 2.05) is 0 Å². The van der Waals surface area contributed by atoms with E-state index in [0.29, 0.717) is 12.3 Å². The third kappa shape index (κ3) is 3.86. The molecule has 0 spiro atoms. The van der Waals surface area contributed by atoms with Gasteiger partial charge in [-0.1, -0.05) is 18.7 Å². The van der Waals surface area contributed by atoms with Gasteiger partial charge >= 0.3 is 0 Å². The van der Waals surface area contributed by atoms with Crippen molar-refractivity contribution < 1.29 is 13.2 Å². The summed E-state index contributed by atoms with van der Waals surface area (Å²) >= 11 is 3.19. The Kier molecular flexibility index (Phi) is 5.20. The Morgan fingerprint density at radius 3 is 2.93 bits per heavy atom. The van der Waals surface area contributed by atoms with Gasteiger partial charge in [-0.3, -0.25) is 4.79 Å². The van der Waals surface area contributed by atoms with Crippen molar-refractivity contribution in [1.29, 1.82) is 0 Å². The zero-order valence-corrected chi connectivity index (χ0v) is 17.9. The first-order chi connectivity index (χ1) is 12.8. The van der Waals surface area contributed by atoms with Gasteiger partial charge in [-0.2, -0.15) is 0 Å². The molecule has 1 saturated heterocycles. The summed E-state index contributed by atoms with van der Waals surface area (Å²) in [6.45, 7) is 2.28. The zero-order valence-electron chi connectivity index (χ0n) is 15.5. The number of fused-ring (bicyclic) bond motifs is 3. The topological polar surface area (TPSA) is 80.2 Å². The van der Waals surface area contributed by atoms with Crippen molar-refractivity contribution in [1.82, 2.24) is 14.9 Å². The van der Waals surface area contributed by atoms with Crippen molar-refractivity contribution in [2.45, 2.75) is 43.7 Å². The van der Waals surface area contributed by atoms with Gasteiger partial charge in [0.15, 0.2) is 9.84 Å².